The molecular formula is C24H29FN2O2. The van der Waals surface area contributed by atoms with Crippen LogP contribution < -0.4 is 4.90 Å². The monoisotopic (exact) mass is 396 g/mol. The van der Waals surface area contributed by atoms with Gasteiger partial charge in [0.15, 0.2) is 6.10 Å². The molecule has 0 N–H and O–H groups in total. The van der Waals surface area contributed by atoms with Gasteiger partial charge in [-0.3, -0.25) is 4.79 Å². The Labute approximate surface area is 172 Å². The van der Waals surface area contributed by atoms with Gasteiger partial charge < -0.3 is 14.5 Å². The fourth-order valence-corrected chi connectivity index (χ4v) is 4.37. The van der Waals surface area contributed by atoms with Crippen LogP contribution in [0.15, 0.2) is 66.5 Å². The van der Waals surface area contributed by atoms with Crippen molar-refractivity contribution in [2.24, 2.45) is 0 Å². The third kappa shape index (κ3) is 4.96. The minimum absolute atomic E-state index is 0.0473. The first kappa shape index (κ1) is 19.9. The molecule has 1 aromatic carbocycles. The molecule has 1 saturated heterocycles. The summed E-state index contributed by atoms with van der Waals surface area (Å²) in [7, 11) is 0. The highest BCUT2D eigenvalue weighted by atomic mass is 19.1. The molecule has 0 saturated carbocycles. The number of piperidine rings is 1. The number of likely N-dealkylation sites (tertiary alicyclic amines) is 1. The molecule has 1 fully saturated rings. The van der Waals surface area contributed by atoms with Crippen molar-refractivity contribution in [3.63, 3.8) is 0 Å². The van der Waals surface area contributed by atoms with Crippen molar-refractivity contribution in [3.05, 3.63) is 66.5 Å². The van der Waals surface area contributed by atoms with E-state index in [9.17, 15) is 9.18 Å². The molecule has 4 nitrogen and oxygen atoms in total. The summed E-state index contributed by atoms with van der Waals surface area (Å²) in [5, 5.41) is 0. The van der Waals surface area contributed by atoms with Crippen LogP contribution in [0, 0.1) is 0 Å². The van der Waals surface area contributed by atoms with E-state index in [0.717, 1.165) is 50.2 Å². The maximum atomic E-state index is 13.5. The summed E-state index contributed by atoms with van der Waals surface area (Å²) in [6.45, 7) is 2.83. The first-order valence-electron chi connectivity index (χ1n) is 10.6. The van der Waals surface area contributed by atoms with Crippen molar-refractivity contribution in [2.45, 2.75) is 50.4 Å². The normalized spacial score (nSPS) is 24.9. The molecule has 2 unspecified atom stereocenters. The number of anilines is 1. The van der Waals surface area contributed by atoms with E-state index in [1.54, 1.807) is 12.3 Å². The predicted molar refractivity (Wildman–Crippen MR) is 113 cm³/mol. The molecule has 29 heavy (non-hydrogen) atoms. The molecule has 0 aromatic heterocycles. The van der Waals surface area contributed by atoms with E-state index in [2.05, 4.69) is 4.90 Å². The Balaban J connectivity index is 1.36. The number of hydrogen-bond acceptors (Lipinski definition) is 3. The smallest absolute Gasteiger partial charge is 0.268 e. The lowest BCUT2D eigenvalue weighted by Crippen LogP contribution is -2.50. The average Bonchev–Trinajstić information content (AvgIpc) is 3.29. The van der Waals surface area contributed by atoms with Gasteiger partial charge in [-0.05, 0) is 49.1 Å². The van der Waals surface area contributed by atoms with Gasteiger partial charge >= 0.3 is 0 Å². The van der Waals surface area contributed by atoms with E-state index < -0.39 is 12.3 Å². The number of rotatable bonds is 6. The zero-order valence-corrected chi connectivity index (χ0v) is 16.8. The number of carbonyl (C=O) groups excluding carboxylic acids is 1. The SMILES string of the molecule is O=C(C1CC=CO1)N(c1ccccc1)C1CCN(CCC2=CC(F)CC=C2)CC1. The molecule has 0 spiro atoms. The Bertz CT molecular complexity index is 773. The number of benzene rings is 1. The van der Waals surface area contributed by atoms with Crippen molar-refractivity contribution in [1.29, 1.82) is 0 Å². The molecule has 0 radical (unpaired) electrons. The van der Waals surface area contributed by atoms with Gasteiger partial charge in [-0.2, -0.15) is 0 Å². The first-order valence-corrected chi connectivity index (χ1v) is 10.6. The van der Waals surface area contributed by atoms with E-state index in [4.69, 9.17) is 4.74 Å². The standard InChI is InChI=1S/C24H29FN2O2/c25-20-7-4-6-19(18-20)11-14-26-15-12-22(13-16-26)27(21-8-2-1-3-9-21)24(28)23-10-5-17-29-23/h1-6,8-9,17-18,20,22-23H,7,10-16H2. The minimum atomic E-state index is -0.835. The number of hydrogen-bond donors (Lipinski definition) is 0. The second-order valence-electron chi connectivity index (χ2n) is 7.99. The summed E-state index contributed by atoms with van der Waals surface area (Å²) in [6.07, 6.45) is 11.9. The molecular weight excluding hydrogens is 367 g/mol. The molecule has 1 aromatic rings. The van der Waals surface area contributed by atoms with Gasteiger partial charge in [0.05, 0.1) is 6.26 Å². The number of allylic oxidation sites excluding steroid dienone is 3. The van der Waals surface area contributed by atoms with Gasteiger partial charge in [0.25, 0.3) is 5.91 Å². The van der Waals surface area contributed by atoms with Crippen LogP contribution in [-0.4, -0.2) is 48.8 Å². The van der Waals surface area contributed by atoms with E-state index in [0.29, 0.717) is 12.8 Å². The maximum absolute atomic E-state index is 13.5. The highest BCUT2D eigenvalue weighted by Crippen LogP contribution is 2.27. The largest absolute Gasteiger partial charge is 0.488 e. The Morgan fingerprint density at radius 2 is 1.93 bits per heavy atom. The zero-order chi connectivity index (χ0) is 20.1. The molecule has 1 aliphatic carbocycles. The fraction of sp³-hybridized carbons (Fsp3) is 0.458. The van der Waals surface area contributed by atoms with E-state index >= 15 is 0 Å². The number of ether oxygens (including phenoxy) is 1. The third-order valence-electron chi connectivity index (χ3n) is 5.96. The van der Waals surface area contributed by atoms with Gasteiger partial charge in [0.2, 0.25) is 0 Å². The van der Waals surface area contributed by atoms with E-state index in [1.807, 2.05) is 53.5 Å². The number of nitrogens with zero attached hydrogens (tertiary/aromatic N) is 2. The minimum Gasteiger partial charge on any atom is -0.488 e. The second kappa shape index (κ2) is 9.40. The molecule has 4 rings (SSSR count). The molecule has 5 heteroatoms. The highest BCUT2D eigenvalue weighted by molar-refractivity contribution is 5.97. The fourth-order valence-electron chi connectivity index (χ4n) is 4.37. The van der Waals surface area contributed by atoms with E-state index in [-0.39, 0.29) is 11.9 Å². The van der Waals surface area contributed by atoms with Gasteiger partial charge in [0, 0.05) is 44.2 Å². The lowest BCUT2D eigenvalue weighted by molar-refractivity contribution is -0.126. The lowest BCUT2D eigenvalue weighted by atomic mass is 9.99. The average molecular weight is 397 g/mol. The quantitative estimate of drug-likeness (QED) is 0.714. The number of para-hydroxylation sites is 1. The van der Waals surface area contributed by atoms with Crippen LogP contribution in [0.25, 0.3) is 0 Å². The molecule has 1 amide bonds. The third-order valence-corrected chi connectivity index (χ3v) is 5.96. The van der Waals surface area contributed by atoms with Gasteiger partial charge in [0.1, 0.15) is 6.17 Å². The Hall–Kier alpha value is -2.40. The number of halogens is 1. The highest BCUT2D eigenvalue weighted by Gasteiger charge is 2.34. The molecule has 2 aliphatic heterocycles. The number of carbonyl (C=O) groups is 1. The van der Waals surface area contributed by atoms with Crippen LogP contribution in [0.5, 0.6) is 0 Å². The Kier molecular flexibility index (Phi) is 6.45. The molecule has 3 aliphatic rings. The molecule has 0 bridgehead atoms. The van der Waals surface area contributed by atoms with Crippen LogP contribution >= 0.6 is 0 Å². The van der Waals surface area contributed by atoms with Crippen molar-refractivity contribution < 1.29 is 13.9 Å². The Morgan fingerprint density at radius 3 is 2.62 bits per heavy atom. The first-order chi connectivity index (χ1) is 14.2. The molecule has 2 atom stereocenters. The van der Waals surface area contributed by atoms with Crippen LogP contribution in [0.2, 0.25) is 0 Å². The number of amides is 1. The van der Waals surface area contributed by atoms with E-state index in [1.165, 1.54) is 0 Å². The summed E-state index contributed by atoms with van der Waals surface area (Å²) in [4.78, 5) is 17.6. The summed E-state index contributed by atoms with van der Waals surface area (Å²) in [5.74, 6) is 0.0473. The van der Waals surface area contributed by atoms with Crippen LogP contribution in [0.3, 0.4) is 0 Å². The number of alkyl halides is 1. The zero-order valence-electron chi connectivity index (χ0n) is 16.8. The lowest BCUT2D eigenvalue weighted by Gasteiger charge is -2.39. The Morgan fingerprint density at radius 1 is 1.14 bits per heavy atom. The summed E-state index contributed by atoms with van der Waals surface area (Å²) < 4.78 is 19.0. The van der Waals surface area contributed by atoms with Gasteiger partial charge in [-0.1, -0.05) is 30.4 Å². The van der Waals surface area contributed by atoms with Crippen LogP contribution in [0.4, 0.5) is 10.1 Å². The second-order valence-corrected chi connectivity index (χ2v) is 7.99. The van der Waals surface area contributed by atoms with Gasteiger partial charge in [-0.15, -0.1) is 0 Å². The predicted octanol–water partition coefficient (Wildman–Crippen LogP) is 4.40. The topological polar surface area (TPSA) is 32.8 Å². The van der Waals surface area contributed by atoms with Crippen LogP contribution in [-0.2, 0) is 9.53 Å². The summed E-state index contributed by atoms with van der Waals surface area (Å²) in [6, 6.07) is 10.1. The molecule has 154 valence electrons. The summed E-state index contributed by atoms with van der Waals surface area (Å²) in [5.41, 5.74) is 2.04. The van der Waals surface area contributed by atoms with Gasteiger partial charge in [-0.25, -0.2) is 4.39 Å². The van der Waals surface area contributed by atoms with Crippen LogP contribution in [0.1, 0.15) is 32.1 Å². The van der Waals surface area contributed by atoms with Crippen molar-refractivity contribution >= 4 is 11.6 Å². The van der Waals surface area contributed by atoms with Crippen molar-refractivity contribution in [1.82, 2.24) is 4.90 Å². The molecule has 2 heterocycles. The maximum Gasteiger partial charge on any atom is 0.268 e. The van der Waals surface area contributed by atoms with Crippen molar-refractivity contribution in [2.75, 3.05) is 24.5 Å². The van der Waals surface area contributed by atoms with Crippen molar-refractivity contribution in [3.8, 4) is 0 Å². The summed E-state index contributed by atoms with van der Waals surface area (Å²) >= 11 is 0.